The summed E-state index contributed by atoms with van der Waals surface area (Å²) in [4.78, 5) is 4.26. The van der Waals surface area contributed by atoms with Gasteiger partial charge in [0.2, 0.25) is 0 Å². The van der Waals surface area contributed by atoms with Crippen LogP contribution in [0.25, 0.3) is 5.65 Å². The number of nitrogens with zero attached hydrogens (tertiary/aromatic N) is 2. The van der Waals surface area contributed by atoms with Gasteiger partial charge >= 0.3 is 0 Å². The number of aromatic nitrogens is 2. The predicted octanol–water partition coefficient (Wildman–Crippen LogP) is 1.79. The topological polar surface area (TPSA) is 37.5 Å². The molecule has 0 amide bonds. The first kappa shape index (κ1) is 8.53. The highest BCUT2D eigenvalue weighted by Gasteiger charge is 2.06. The fourth-order valence-electron chi connectivity index (χ4n) is 1.38. The summed E-state index contributed by atoms with van der Waals surface area (Å²) in [6.07, 6.45) is 1.81. The summed E-state index contributed by atoms with van der Waals surface area (Å²) in [5.41, 5.74) is 2.42. The molecule has 4 heteroatoms. The third kappa shape index (κ3) is 1.30. The molecule has 0 radical (unpaired) electrons. The summed E-state index contributed by atoms with van der Waals surface area (Å²) in [5.74, 6) is 0. The first-order chi connectivity index (χ1) is 6.22. The van der Waals surface area contributed by atoms with Crippen molar-refractivity contribution in [2.45, 2.75) is 13.5 Å². The maximum absolute atomic E-state index is 9.08. The van der Waals surface area contributed by atoms with Crippen LogP contribution in [-0.2, 0) is 6.61 Å². The Morgan fingerprint density at radius 1 is 1.62 bits per heavy atom. The van der Waals surface area contributed by atoms with Gasteiger partial charge in [0.1, 0.15) is 5.65 Å². The zero-order valence-electron chi connectivity index (χ0n) is 7.16. The molecule has 68 valence electrons. The standard InChI is InChI=1S/C9H9ClN2O/c1-6-8(5-13)12-3-2-7(10)4-9(12)11-6/h2-4,13H,5H2,1H3. The number of imidazole rings is 1. The molecular formula is C9H9ClN2O. The van der Waals surface area contributed by atoms with Gasteiger partial charge in [0.25, 0.3) is 0 Å². The van der Waals surface area contributed by atoms with Crippen molar-refractivity contribution in [1.29, 1.82) is 0 Å². The Hall–Kier alpha value is -1.06. The monoisotopic (exact) mass is 196 g/mol. The van der Waals surface area contributed by atoms with Crippen molar-refractivity contribution in [1.82, 2.24) is 9.38 Å². The Morgan fingerprint density at radius 2 is 2.38 bits per heavy atom. The molecule has 3 nitrogen and oxygen atoms in total. The second-order valence-corrected chi connectivity index (χ2v) is 3.31. The van der Waals surface area contributed by atoms with Crippen molar-refractivity contribution in [3.8, 4) is 0 Å². The summed E-state index contributed by atoms with van der Waals surface area (Å²) in [6, 6.07) is 3.54. The highest BCUT2D eigenvalue weighted by atomic mass is 35.5. The van der Waals surface area contributed by atoms with Crippen LogP contribution < -0.4 is 0 Å². The molecule has 0 saturated heterocycles. The van der Waals surface area contributed by atoms with Crippen LogP contribution in [0.1, 0.15) is 11.4 Å². The quantitative estimate of drug-likeness (QED) is 0.755. The maximum atomic E-state index is 9.08. The van der Waals surface area contributed by atoms with Gasteiger partial charge in [0.05, 0.1) is 18.0 Å². The Kier molecular flexibility index (Phi) is 1.98. The van der Waals surface area contributed by atoms with Crippen LogP contribution in [0.3, 0.4) is 0 Å². The first-order valence-electron chi connectivity index (χ1n) is 3.96. The van der Waals surface area contributed by atoms with Crippen LogP contribution in [0.4, 0.5) is 0 Å². The number of aliphatic hydroxyl groups excluding tert-OH is 1. The van der Waals surface area contributed by atoms with E-state index in [-0.39, 0.29) is 6.61 Å². The van der Waals surface area contributed by atoms with Crippen molar-refractivity contribution in [3.63, 3.8) is 0 Å². The van der Waals surface area contributed by atoms with Gasteiger partial charge in [-0.2, -0.15) is 0 Å². The fraction of sp³-hybridized carbons (Fsp3) is 0.222. The van der Waals surface area contributed by atoms with Crippen LogP contribution in [0.5, 0.6) is 0 Å². The lowest BCUT2D eigenvalue weighted by molar-refractivity contribution is 0.275. The van der Waals surface area contributed by atoms with Gasteiger partial charge in [-0.25, -0.2) is 4.98 Å². The second kappa shape index (κ2) is 3.01. The average molecular weight is 197 g/mol. The van der Waals surface area contributed by atoms with Crippen molar-refractivity contribution >= 4 is 17.2 Å². The maximum Gasteiger partial charge on any atom is 0.138 e. The third-order valence-corrected chi connectivity index (χ3v) is 2.27. The molecule has 2 aromatic rings. The minimum absolute atomic E-state index is 0.00533. The van der Waals surface area contributed by atoms with Gasteiger partial charge in [0, 0.05) is 17.3 Å². The zero-order chi connectivity index (χ0) is 9.42. The number of rotatable bonds is 1. The molecule has 2 rings (SSSR count). The van der Waals surface area contributed by atoms with E-state index < -0.39 is 0 Å². The number of halogens is 1. The zero-order valence-corrected chi connectivity index (χ0v) is 7.91. The van der Waals surface area contributed by atoms with E-state index in [1.165, 1.54) is 0 Å². The molecule has 0 aliphatic rings. The summed E-state index contributed by atoms with van der Waals surface area (Å²) in [7, 11) is 0. The Bertz CT molecular complexity index is 450. The lowest BCUT2D eigenvalue weighted by Crippen LogP contribution is -1.92. The number of hydrogen-bond acceptors (Lipinski definition) is 2. The largest absolute Gasteiger partial charge is 0.390 e. The van der Waals surface area contributed by atoms with E-state index in [1.807, 2.05) is 17.5 Å². The number of aryl methyl sites for hydroxylation is 1. The molecule has 0 fully saturated rings. The van der Waals surface area contributed by atoms with Crippen LogP contribution in [0.2, 0.25) is 5.02 Å². The molecule has 0 unspecified atom stereocenters. The predicted molar refractivity (Wildman–Crippen MR) is 50.9 cm³/mol. The van der Waals surface area contributed by atoms with E-state index in [4.69, 9.17) is 16.7 Å². The number of pyridine rings is 1. The van der Waals surface area contributed by atoms with Crippen molar-refractivity contribution < 1.29 is 5.11 Å². The molecular weight excluding hydrogens is 188 g/mol. The Labute approximate surface area is 80.6 Å². The molecule has 1 N–H and O–H groups in total. The van der Waals surface area contributed by atoms with Crippen LogP contribution in [0.15, 0.2) is 18.3 Å². The number of fused-ring (bicyclic) bond motifs is 1. The van der Waals surface area contributed by atoms with Gasteiger partial charge in [-0.1, -0.05) is 11.6 Å². The molecule has 2 aromatic heterocycles. The summed E-state index contributed by atoms with van der Waals surface area (Å²) in [5, 5.41) is 9.74. The smallest absolute Gasteiger partial charge is 0.138 e. The van der Waals surface area contributed by atoms with Gasteiger partial charge in [-0.05, 0) is 13.0 Å². The molecule has 0 aliphatic carbocycles. The molecule has 13 heavy (non-hydrogen) atoms. The van der Waals surface area contributed by atoms with E-state index in [1.54, 1.807) is 12.1 Å². The highest BCUT2D eigenvalue weighted by molar-refractivity contribution is 6.30. The van der Waals surface area contributed by atoms with E-state index >= 15 is 0 Å². The molecule has 0 saturated carbocycles. The number of hydrogen-bond donors (Lipinski definition) is 1. The minimum Gasteiger partial charge on any atom is -0.390 e. The highest BCUT2D eigenvalue weighted by Crippen LogP contribution is 2.16. The van der Waals surface area contributed by atoms with E-state index in [2.05, 4.69) is 4.98 Å². The molecule has 0 spiro atoms. The van der Waals surface area contributed by atoms with Crippen LogP contribution in [-0.4, -0.2) is 14.5 Å². The number of aliphatic hydroxyl groups is 1. The van der Waals surface area contributed by atoms with Gasteiger partial charge in [0.15, 0.2) is 0 Å². The minimum atomic E-state index is -0.00533. The fourth-order valence-corrected chi connectivity index (χ4v) is 1.53. The Balaban J connectivity index is 2.79. The summed E-state index contributed by atoms with van der Waals surface area (Å²) in [6.45, 7) is 1.86. The first-order valence-corrected chi connectivity index (χ1v) is 4.34. The summed E-state index contributed by atoms with van der Waals surface area (Å²) < 4.78 is 1.83. The van der Waals surface area contributed by atoms with Crippen LogP contribution >= 0.6 is 11.6 Å². The van der Waals surface area contributed by atoms with Crippen molar-refractivity contribution in [3.05, 3.63) is 34.7 Å². The molecule has 0 bridgehead atoms. The van der Waals surface area contributed by atoms with Gasteiger partial charge in [-0.3, -0.25) is 0 Å². The lowest BCUT2D eigenvalue weighted by Gasteiger charge is -1.97. The SMILES string of the molecule is Cc1nc2cc(Cl)ccn2c1CO. The lowest BCUT2D eigenvalue weighted by atomic mass is 10.3. The van der Waals surface area contributed by atoms with Crippen LogP contribution in [0, 0.1) is 6.92 Å². The summed E-state index contributed by atoms with van der Waals surface area (Å²) >= 11 is 5.81. The van der Waals surface area contributed by atoms with Crippen molar-refractivity contribution in [2.75, 3.05) is 0 Å². The Morgan fingerprint density at radius 3 is 3.08 bits per heavy atom. The van der Waals surface area contributed by atoms with E-state index in [0.717, 1.165) is 17.0 Å². The molecule has 0 aromatic carbocycles. The third-order valence-electron chi connectivity index (χ3n) is 2.04. The van der Waals surface area contributed by atoms with Gasteiger partial charge in [-0.15, -0.1) is 0 Å². The second-order valence-electron chi connectivity index (χ2n) is 2.88. The van der Waals surface area contributed by atoms with Crippen molar-refractivity contribution in [2.24, 2.45) is 0 Å². The van der Waals surface area contributed by atoms with E-state index in [9.17, 15) is 0 Å². The van der Waals surface area contributed by atoms with Gasteiger partial charge < -0.3 is 9.51 Å². The molecule has 2 heterocycles. The van der Waals surface area contributed by atoms with E-state index in [0.29, 0.717) is 5.02 Å². The average Bonchev–Trinajstić information content (AvgIpc) is 2.39. The molecule has 0 atom stereocenters. The normalized spacial score (nSPS) is 11.0. The molecule has 0 aliphatic heterocycles.